The highest BCUT2D eigenvalue weighted by Gasteiger charge is 2.07. The summed E-state index contributed by atoms with van der Waals surface area (Å²) in [5.74, 6) is 1.11. The van der Waals surface area contributed by atoms with Crippen LogP contribution in [-0.2, 0) is 15.9 Å². The first kappa shape index (κ1) is 15.1. The standard InChI is InChI=1S/C15H14O5S/c1-11(16)19-13-3-5-14(6-4-13)20-21(17)15-9-7-12(18-2)8-10-15/h3-10H,1-2H3. The van der Waals surface area contributed by atoms with E-state index in [2.05, 4.69) is 0 Å². The van der Waals surface area contributed by atoms with Crippen LogP contribution in [0.15, 0.2) is 53.4 Å². The quantitative estimate of drug-likeness (QED) is 0.628. The van der Waals surface area contributed by atoms with Crippen LogP contribution in [0.25, 0.3) is 0 Å². The lowest BCUT2D eigenvalue weighted by Crippen LogP contribution is -2.02. The van der Waals surface area contributed by atoms with E-state index in [4.69, 9.17) is 13.7 Å². The zero-order valence-corrected chi connectivity index (χ0v) is 12.4. The van der Waals surface area contributed by atoms with Gasteiger partial charge in [-0.1, -0.05) is 0 Å². The number of carbonyl (C=O) groups excluding carboxylic acids is 1. The highest BCUT2D eigenvalue weighted by atomic mass is 32.2. The highest BCUT2D eigenvalue weighted by molar-refractivity contribution is 7.80. The van der Waals surface area contributed by atoms with Crippen LogP contribution in [0, 0.1) is 0 Å². The Labute approximate surface area is 125 Å². The van der Waals surface area contributed by atoms with E-state index in [1.54, 1.807) is 55.6 Å². The Hall–Kier alpha value is -2.34. The van der Waals surface area contributed by atoms with Crippen molar-refractivity contribution in [2.24, 2.45) is 0 Å². The minimum absolute atomic E-state index is 0.398. The lowest BCUT2D eigenvalue weighted by molar-refractivity contribution is -0.131. The van der Waals surface area contributed by atoms with Gasteiger partial charge in [0.1, 0.15) is 17.2 Å². The number of hydrogen-bond donors (Lipinski definition) is 0. The summed E-state index contributed by atoms with van der Waals surface area (Å²) in [4.78, 5) is 11.3. The van der Waals surface area contributed by atoms with Gasteiger partial charge in [0, 0.05) is 6.92 Å². The summed E-state index contributed by atoms with van der Waals surface area (Å²) in [5.41, 5.74) is 0. The van der Waals surface area contributed by atoms with Gasteiger partial charge in [0.2, 0.25) is 11.1 Å². The van der Waals surface area contributed by atoms with Crippen molar-refractivity contribution in [2.75, 3.05) is 7.11 Å². The summed E-state index contributed by atoms with van der Waals surface area (Å²) in [6.45, 7) is 1.32. The third kappa shape index (κ3) is 4.32. The smallest absolute Gasteiger partial charge is 0.308 e. The van der Waals surface area contributed by atoms with Gasteiger partial charge in [0.15, 0.2) is 0 Å². The zero-order valence-electron chi connectivity index (χ0n) is 11.6. The van der Waals surface area contributed by atoms with Gasteiger partial charge in [-0.2, -0.15) is 0 Å². The van der Waals surface area contributed by atoms with Gasteiger partial charge in [-0.15, -0.1) is 0 Å². The highest BCUT2D eigenvalue weighted by Crippen LogP contribution is 2.21. The van der Waals surface area contributed by atoms with Crippen molar-refractivity contribution in [1.82, 2.24) is 0 Å². The predicted octanol–water partition coefficient (Wildman–Crippen LogP) is 2.72. The fourth-order valence-electron chi connectivity index (χ4n) is 1.55. The van der Waals surface area contributed by atoms with E-state index in [0.717, 1.165) is 0 Å². The summed E-state index contributed by atoms with van der Waals surface area (Å²) < 4.78 is 27.3. The monoisotopic (exact) mass is 306 g/mol. The molecule has 5 nitrogen and oxygen atoms in total. The maximum atomic E-state index is 12.0. The fraction of sp³-hybridized carbons (Fsp3) is 0.133. The van der Waals surface area contributed by atoms with E-state index in [0.29, 0.717) is 22.1 Å². The number of benzene rings is 2. The molecule has 0 fully saturated rings. The molecule has 2 aromatic rings. The Bertz CT molecular complexity index is 634. The Kier molecular flexibility index (Phi) is 4.94. The maximum Gasteiger partial charge on any atom is 0.308 e. The number of carbonyl (C=O) groups is 1. The van der Waals surface area contributed by atoms with Crippen molar-refractivity contribution in [3.05, 3.63) is 48.5 Å². The number of ether oxygens (including phenoxy) is 2. The summed E-state index contributed by atoms with van der Waals surface area (Å²) in [6.07, 6.45) is 0. The molecule has 1 unspecified atom stereocenters. The van der Waals surface area contributed by atoms with E-state index >= 15 is 0 Å². The Morgan fingerprint density at radius 2 is 1.43 bits per heavy atom. The first-order valence-electron chi connectivity index (χ1n) is 6.11. The van der Waals surface area contributed by atoms with Gasteiger partial charge in [-0.05, 0) is 48.5 Å². The van der Waals surface area contributed by atoms with Gasteiger partial charge in [0.25, 0.3) is 0 Å². The minimum atomic E-state index is -1.63. The molecule has 0 saturated heterocycles. The molecule has 0 radical (unpaired) electrons. The van der Waals surface area contributed by atoms with Gasteiger partial charge < -0.3 is 13.7 Å². The SMILES string of the molecule is COc1ccc(S(=O)Oc2ccc(OC(C)=O)cc2)cc1. The molecule has 1 atom stereocenters. The van der Waals surface area contributed by atoms with Crippen LogP contribution in [0.2, 0.25) is 0 Å². The second-order valence-electron chi connectivity index (χ2n) is 4.06. The third-order valence-electron chi connectivity index (χ3n) is 2.51. The third-order valence-corrected chi connectivity index (χ3v) is 3.51. The molecule has 0 aromatic heterocycles. The van der Waals surface area contributed by atoms with Crippen LogP contribution < -0.4 is 13.7 Å². The molecule has 0 spiro atoms. The van der Waals surface area contributed by atoms with E-state index in [-0.39, 0.29) is 0 Å². The molecular weight excluding hydrogens is 292 g/mol. The van der Waals surface area contributed by atoms with Gasteiger partial charge in [-0.25, -0.2) is 4.21 Å². The number of esters is 1. The van der Waals surface area contributed by atoms with Crippen molar-refractivity contribution in [1.29, 1.82) is 0 Å². The Balaban J connectivity index is 2.03. The first-order chi connectivity index (χ1) is 10.1. The molecule has 0 aliphatic heterocycles. The molecule has 6 heteroatoms. The molecule has 0 aliphatic carbocycles. The first-order valence-corrected chi connectivity index (χ1v) is 7.18. The largest absolute Gasteiger partial charge is 0.497 e. The second kappa shape index (κ2) is 6.90. The zero-order chi connectivity index (χ0) is 15.2. The number of methoxy groups -OCH3 is 1. The summed E-state index contributed by atoms with van der Waals surface area (Å²) >= 11 is -1.63. The molecule has 0 bridgehead atoms. The fourth-order valence-corrected chi connectivity index (χ4v) is 2.29. The van der Waals surface area contributed by atoms with Gasteiger partial charge in [0.05, 0.1) is 12.0 Å². The van der Waals surface area contributed by atoms with Crippen molar-refractivity contribution in [3.8, 4) is 17.2 Å². The molecule has 2 aromatic carbocycles. The van der Waals surface area contributed by atoms with Gasteiger partial charge >= 0.3 is 5.97 Å². The molecule has 0 aliphatic rings. The van der Waals surface area contributed by atoms with Crippen LogP contribution in [0.1, 0.15) is 6.92 Å². The number of hydrogen-bond acceptors (Lipinski definition) is 5. The molecule has 110 valence electrons. The molecule has 0 amide bonds. The molecular formula is C15H14O5S. The summed E-state index contributed by atoms with van der Waals surface area (Å²) in [6, 6.07) is 13.1. The average Bonchev–Trinajstić information content (AvgIpc) is 2.49. The summed E-state index contributed by atoms with van der Waals surface area (Å²) in [5, 5.41) is 0. The molecule has 0 N–H and O–H groups in total. The van der Waals surface area contributed by atoms with E-state index < -0.39 is 17.0 Å². The lowest BCUT2D eigenvalue weighted by Gasteiger charge is -2.06. The molecule has 21 heavy (non-hydrogen) atoms. The molecule has 2 rings (SSSR count). The molecule has 0 saturated carbocycles. The molecule has 0 heterocycles. The van der Waals surface area contributed by atoms with E-state index in [1.165, 1.54) is 6.92 Å². The summed E-state index contributed by atoms with van der Waals surface area (Å²) in [7, 11) is 1.56. The van der Waals surface area contributed by atoms with Crippen molar-refractivity contribution >= 4 is 17.0 Å². The second-order valence-corrected chi connectivity index (χ2v) is 5.17. The Morgan fingerprint density at radius 3 is 1.95 bits per heavy atom. The van der Waals surface area contributed by atoms with Crippen molar-refractivity contribution in [3.63, 3.8) is 0 Å². The predicted molar refractivity (Wildman–Crippen MR) is 77.8 cm³/mol. The minimum Gasteiger partial charge on any atom is -0.497 e. The van der Waals surface area contributed by atoms with E-state index in [1.807, 2.05) is 0 Å². The van der Waals surface area contributed by atoms with Crippen molar-refractivity contribution < 1.29 is 22.7 Å². The maximum absolute atomic E-state index is 12.0. The van der Waals surface area contributed by atoms with Crippen LogP contribution in [0.5, 0.6) is 17.2 Å². The Morgan fingerprint density at radius 1 is 0.905 bits per heavy atom. The number of rotatable bonds is 5. The van der Waals surface area contributed by atoms with E-state index in [9.17, 15) is 9.00 Å². The lowest BCUT2D eigenvalue weighted by atomic mass is 10.3. The van der Waals surface area contributed by atoms with Gasteiger partial charge in [-0.3, -0.25) is 4.79 Å². The average molecular weight is 306 g/mol. The normalized spacial score (nSPS) is 11.5. The van der Waals surface area contributed by atoms with Crippen molar-refractivity contribution in [2.45, 2.75) is 11.8 Å². The topological polar surface area (TPSA) is 61.8 Å². The van der Waals surface area contributed by atoms with Crippen LogP contribution in [0.3, 0.4) is 0 Å². The van der Waals surface area contributed by atoms with Crippen LogP contribution in [0.4, 0.5) is 0 Å². The van der Waals surface area contributed by atoms with Crippen LogP contribution in [-0.4, -0.2) is 17.3 Å². The van der Waals surface area contributed by atoms with Crippen LogP contribution >= 0.6 is 0 Å².